The van der Waals surface area contributed by atoms with Crippen molar-refractivity contribution in [3.63, 3.8) is 0 Å². The first-order valence-electron chi connectivity index (χ1n) is 10.9. The van der Waals surface area contributed by atoms with Crippen LogP contribution in [-0.2, 0) is 4.79 Å². The van der Waals surface area contributed by atoms with E-state index in [1.165, 1.54) is 50.8 Å². The lowest BCUT2D eigenvalue weighted by Gasteiger charge is -2.50. The summed E-state index contributed by atoms with van der Waals surface area (Å²) in [7, 11) is 0. The summed E-state index contributed by atoms with van der Waals surface area (Å²) < 4.78 is 0. The van der Waals surface area contributed by atoms with E-state index in [-0.39, 0.29) is 0 Å². The Hall–Kier alpha value is -1.39. The molecule has 1 amide bonds. The van der Waals surface area contributed by atoms with Gasteiger partial charge in [0.1, 0.15) is 0 Å². The Bertz CT molecular complexity index is 618. The molecule has 3 aliphatic heterocycles. The minimum atomic E-state index is 0.356. The molecule has 3 saturated heterocycles. The van der Waals surface area contributed by atoms with E-state index >= 15 is 0 Å². The summed E-state index contributed by atoms with van der Waals surface area (Å²) >= 11 is 0. The zero-order valence-electron chi connectivity index (χ0n) is 16.9. The fourth-order valence-electron chi connectivity index (χ4n) is 5.52. The Labute approximate surface area is 164 Å². The molecule has 27 heavy (non-hydrogen) atoms. The zero-order valence-corrected chi connectivity index (χ0v) is 16.9. The van der Waals surface area contributed by atoms with Gasteiger partial charge in [0.25, 0.3) is 0 Å². The number of piperidine rings is 2. The topological polar surface area (TPSA) is 26.8 Å². The van der Waals surface area contributed by atoms with Gasteiger partial charge in [-0.05, 0) is 68.6 Å². The molecule has 0 bridgehead atoms. The van der Waals surface area contributed by atoms with Gasteiger partial charge in [0.15, 0.2) is 0 Å². The van der Waals surface area contributed by atoms with Crippen LogP contribution in [0, 0.1) is 5.41 Å². The van der Waals surface area contributed by atoms with Gasteiger partial charge in [-0.2, -0.15) is 0 Å². The van der Waals surface area contributed by atoms with E-state index in [0.717, 1.165) is 32.7 Å². The maximum atomic E-state index is 12.7. The molecule has 148 valence electrons. The third-order valence-corrected chi connectivity index (χ3v) is 7.17. The SMILES string of the molecule is CCN1C[C@@H](c2ccccc2)CC2(CCN(C(=O)CN3CCCC3)CC2)C1. The van der Waals surface area contributed by atoms with Gasteiger partial charge >= 0.3 is 0 Å². The molecule has 0 N–H and O–H groups in total. The van der Waals surface area contributed by atoms with E-state index in [1.54, 1.807) is 0 Å². The smallest absolute Gasteiger partial charge is 0.236 e. The Kier molecular flexibility index (Phi) is 5.84. The fourth-order valence-corrected chi connectivity index (χ4v) is 5.52. The number of likely N-dealkylation sites (N-methyl/N-ethyl adjacent to an activating group) is 1. The monoisotopic (exact) mass is 369 g/mol. The van der Waals surface area contributed by atoms with Gasteiger partial charge < -0.3 is 9.80 Å². The second kappa shape index (κ2) is 8.32. The van der Waals surface area contributed by atoms with Crippen LogP contribution in [0.4, 0.5) is 0 Å². The first kappa shape index (κ1) is 18.9. The molecule has 3 heterocycles. The molecule has 1 aromatic carbocycles. The first-order chi connectivity index (χ1) is 13.2. The third kappa shape index (κ3) is 4.38. The van der Waals surface area contributed by atoms with E-state index in [1.807, 2.05) is 0 Å². The van der Waals surface area contributed by atoms with E-state index in [9.17, 15) is 4.79 Å². The summed E-state index contributed by atoms with van der Waals surface area (Å²) in [5, 5.41) is 0. The summed E-state index contributed by atoms with van der Waals surface area (Å²) in [4.78, 5) is 19.8. The van der Waals surface area contributed by atoms with Crippen molar-refractivity contribution < 1.29 is 4.79 Å². The predicted octanol–water partition coefficient (Wildman–Crippen LogP) is 3.20. The highest BCUT2D eigenvalue weighted by Gasteiger charge is 2.42. The van der Waals surface area contributed by atoms with Crippen molar-refractivity contribution in [3.05, 3.63) is 35.9 Å². The average molecular weight is 370 g/mol. The number of carbonyl (C=O) groups is 1. The van der Waals surface area contributed by atoms with Crippen molar-refractivity contribution in [1.82, 2.24) is 14.7 Å². The molecule has 0 aromatic heterocycles. The van der Waals surface area contributed by atoms with E-state index in [0.29, 0.717) is 23.8 Å². The molecule has 0 saturated carbocycles. The van der Waals surface area contributed by atoms with Gasteiger partial charge in [-0.25, -0.2) is 0 Å². The summed E-state index contributed by atoms with van der Waals surface area (Å²) in [5.74, 6) is 0.987. The molecular formula is C23H35N3O. The molecule has 0 radical (unpaired) electrons. The third-order valence-electron chi connectivity index (χ3n) is 7.17. The Morgan fingerprint density at radius 1 is 1.04 bits per heavy atom. The minimum absolute atomic E-state index is 0.356. The van der Waals surface area contributed by atoms with Gasteiger partial charge in [-0.3, -0.25) is 9.69 Å². The van der Waals surface area contributed by atoms with Crippen LogP contribution in [0.1, 0.15) is 50.5 Å². The first-order valence-corrected chi connectivity index (χ1v) is 10.9. The summed E-state index contributed by atoms with van der Waals surface area (Å²) in [6.07, 6.45) is 6.12. The number of likely N-dealkylation sites (tertiary alicyclic amines) is 3. The number of rotatable bonds is 4. The maximum absolute atomic E-state index is 12.7. The lowest BCUT2D eigenvalue weighted by atomic mass is 9.68. The number of carbonyl (C=O) groups excluding carboxylic acids is 1. The van der Waals surface area contributed by atoms with Crippen molar-refractivity contribution in [1.29, 1.82) is 0 Å². The largest absolute Gasteiger partial charge is 0.342 e. The van der Waals surface area contributed by atoms with Gasteiger partial charge in [0.05, 0.1) is 6.54 Å². The van der Waals surface area contributed by atoms with Crippen LogP contribution < -0.4 is 0 Å². The van der Waals surface area contributed by atoms with E-state index < -0.39 is 0 Å². The highest BCUT2D eigenvalue weighted by atomic mass is 16.2. The van der Waals surface area contributed by atoms with Crippen LogP contribution in [0.25, 0.3) is 0 Å². The molecule has 1 aromatic rings. The standard InChI is InChI=1S/C23H35N3O/c1-2-24-17-21(20-8-4-3-5-9-20)16-23(19-24)10-14-26(15-11-23)22(27)18-25-12-6-7-13-25/h3-5,8-9,21H,2,6-7,10-19H2,1H3/t21-/m0/s1. The quantitative estimate of drug-likeness (QED) is 0.815. The molecule has 4 rings (SSSR count). The second-order valence-corrected chi connectivity index (χ2v) is 9.00. The minimum Gasteiger partial charge on any atom is -0.342 e. The number of hydrogen-bond acceptors (Lipinski definition) is 3. The molecule has 0 unspecified atom stereocenters. The highest BCUT2D eigenvalue weighted by Crippen LogP contribution is 2.45. The van der Waals surface area contributed by atoms with Crippen molar-refractivity contribution in [2.75, 3.05) is 52.4 Å². The van der Waals surface area contributed by atoms with Crippen LogP contribution >= 0.6 is 0 Å². The van der Waals surface area contributed by atoms with Crippen molar-refractivity contribution >= 4 is 5.91 Å². The summed E-state index contributed by atoms with van der Waals surface area (Å²) in [6, 6.07) is 11.1. The maximum Gasteiger partial charge on any atom is 0.236 e. The van der Waals surface area contributed by atoms with Crippen LogP contribution in [0.15, 0.2) is 30.3 Å². The molecule has 4 heteroatoms. The molecular weight excluding hydrogens is 334 g/mol. The number of amides is 1. The molecule has 4 nitrogen and oxygen atoms in total. The van der Waals surface area contributed by atoms with Crippen LogP contribution in [0.3, 0.4) is 0 Å². The number of nitrogens with zero attached hydrogens (tertiary/aromatic N) is 3. The van der Waals surface area contributed by atoms with Gasteiger partial charge in [0, 0.05) is 26.2 Å². The lowest BCUT2D eigenvalue weighted by Crippen LogP contribution is -2.53. The second-order valence-electron chi connectivity index (χ2n) is 9.00. The lowest BCUT2D eigenvalue weighted by molar-refractivity contribution is -0.135. The van der Waals surface area contributed by atoms with Crippen molar-refractivity contribution in [3.8, 4) is 0 Å². The fraction of sp³-hybridized carbons (Fsp3) is 0.696. The summed E-state index contributed by atoms with van der Waals surface area (Å²) in [6.45, 7) is 10.6. The normalized spacial score (nSPS) is 26.6. The molecule has 0 aliphatic carbocycles. The van der Waals surface area contributed by atoms with E-state index in [4.69, 9.17) is 0 Å². The Balaban J connectivity index is 1.38. The van der Waals surface area contributed by atoms with E-state index in [2.05, 4.69) is 52.0 Å². The molecule has 1 atom stereocenters. The van der Waals surface area contributed by atoms with Gasteiger partial charge in [-0.15, -0.1) is 0 Å². The van der Waals surface area contributed by atoms with Crippen LogP contribution in [-0.4, -0.2) is 73.0 Å². The van der Waals surface area contributed by atoms with Crippen molar-refractivity contribution in [2.45, 2.75) is 44.9 Å². The van der Waals surface area contributed by atoms with Crippen molar-refractivity contribution in [2.24, 2.45) is 5.41 Å². The number of hydrogen-bond donors (Lipinski definition) is 0. The van der Waals surface area contributed by atoms with Gasteiger partial charge in [-0.1, -0.05) is 37.3 Å². The number of benzene rings is 1. The highest BCUT2D eigenvalue weighted by molar-refractivity contribution is 5.78. The average Bonchev–Trinajstić information content (AvgIpc) is 3.22. The Morgan fingerprint density at radius 3 is 2.41 bits per heavy atom. The molecule has 3 aliphatic rings. The predicted molar refractivity (Wildman–Crippen MR) is 110 cm³/mol. The molecule has 3 fully saturated rings. The molecule has 1 spiro atoms. The van der Waals surface area contributed by atoms with Gasteiger partial charge in [0.2, 0.25) is 5.91 Å². The summed E-state index contributed by atoms with van der Waals surface area (Å²) in [5.41, 5.74) is 1.88. The van der Waals surface area contributed by atoms with Crippen LogP contribution in [0.5, 0.6) is 0 Å². The van der Waals surface area contributed by atoms with Crippen LogP contribution in [0.2, 0.25) is 0 Å². The Morgan fingerprint density at radius 2 is 1.74 bits per heavy atom. The zero-order chi connectivity index (χ0) is 18.7.